The highest BCUT2D eigenvalue weighted by atomic mass is 32.2. The van der Waals surface area contributed by atoms with Crippen LogP contribution in [0.25, 0.3) is 0 Å². The molecular formula is C10H13F2NOS. The number of hydrogen-bond acceptors (Lipinski definition) is 3. The lowest BCUT2D eigenvalue weighted by Crippen LogP contribution is -2.36. The quantitative estimate of drug-likeness (QED) is 0.782. The van der Waals surface area contributed by atoms with Gasteiger partial charge in [0.2, 0.25) is 0 Å². The minimum Gasteiger partial charge on any atom is -0.390 e. The Labute approximate surface area is 91.5 Å². The molecule has 15 heavy (non-hydrogen) atoms. The zero-order valence-corrected chi connectivity index (χ0v) is 9.10. The summed E-state index contributed by atoms with van der Waals surface area (Å²) in [4.78, 5) is 0.985. The third-order valence-corrected chi connectivity index (χ3v) is 2.88. The van der Waals surface area contributed by atoms with Crippen molar-refractivity contribution >= 4 is 11.8 Å². The van der Waals surface area contributed by atoms with Crippen molar-refractivity contribution in [1.29, 1.82) is 0 Å². The maximum absolute atomic E-state index is 13.0. The van der Waals surface area contributed by atoms with Crippen molar-refractivity contribution in [3.05, 3.63) is 29.8 Å². The van der Waals surface area contributed by atoms with Crippen LogP contribution in [0.4, 0.5) is 8.78 Å². The smallest absolute Gasteiger partial charge is 0.289 e. The molecule has 5 heteroatoms. The lowest BCUT2D eigenvalue weighted by atomic mass is 10.0. The van der Waals surface area contributed by atoms with Gasteiger partial charge in [0, 0.05) is 4.90 Å². The van der Waals surface area contributed by atoms with Gasteiger partial charge in [-0.15, -0.1) is 11.8 Å². The highest BCUT2D eigenvalue weighted by molar-refractivity contribution is 7.98. The third-order valence-electron chi connectivity index (χ3n) is 2.14. The van der Waals surface area contributed by atoms with Gasteiger partial charge in [0.05, 0.1) is 6.04 Å². The van der Waals surface area contributed by atoms with Crippen LogP contribution in [0, 0.1) is 0 Å². The van der Waals surface area contributed by atoms with Gasteiger partial charge in [-0.05, 0) is 24.0 Å². The van der Waals surface area contributed by atoms with Gasteiger partial charge in [-0.2, -0.15) is 0 Å². The number of hydrogen-bond donors (Lipinski definition) is 2. The molecule has 1 aromatic carbocycles. The molecule has 0 aliphatic heterocycles. The summed E-state index contributed by atoms with van der Waals surface area (Å²) in [7, 11) is 0. The van der Waals surface area contributed by atoms with Crippen molar-refractivity contribution in [1.82, 2.24) is 0 Å². The van der Waals surface area contributed by atoms with Crippen LogP contribution < -0.4 is 5.73 Å². The molecule has 2 nitrogen and oxygen atoms in total. The van der Waals surface area contributed by atoms with E-state index in [4.69, 9.17) is 10.8 Å². The Kier molecular flexibility index (Phi) is 4.07. The highest BCUT2D eigenvalue weighted by Gasteiger charge is 2.37. The molecule has 0 saturated carbocycles. The van der Waals surface area contributed by atoms with E-state index in [-0.39, 0.29) is 0 Å². The molecular weight excluding hydrogens is 220 g/mol. The van der Waals surface area contributed by atoms with Crippen molar-refractivity contribution in [2.75, 3.05) is 12.9 Å². The van der Waals surface area contributed by atoms with Gasteiger partial charge in [-0.3, -0.25) is 0 Å². The second-order valence-corrected chi connectivity index (χ2v) is 4.05. The summed E-state index contributed by atoms with van der Waals surface area (Å²) in [5.74, 6) is -3.28. The molecule has 1 atom stereocenters. The molecule has 0 unspecified atom stereocenters. The maximum Gasteiger partial charge on any atom is 0.289 e. The fourth-order valence-electron chi connectivity index (χ4n) is 1.15. The number of aliphatic hydroxyl groups is 1. The first kappa shape index (κ1) is 12.4. The molecule has 0 aliphatic rings. The molecule has 84 valence electrons. The van der Waals surface area contributed by atoms with E-state index in [1.54, 1.807) is 24.3 Å². The predicted octanol–water partition coefficient (Wildman–Crippen LogP) is 2.04. The van der Waals surface area contributed by atoms with Gasteiger partial charge in [-0.1, -0.05) is 12.1 Å². The summed E-state index contributed by atoms with van der Waals surface area (Å²) in [6, 6.07) is 5.11. The predicted molar refractivity (Wildman–Crippen MR) is 57.2 cm³/mol. The number of rotatable bonds is 4. The topological polar surface area (TPSA) is 46.2 Å². The minimum atomic E-state index is -3.28. The normalized spacial score (nSPS) is 13.9. The molecule has 0 saturated heterocycles. The molecule has 0 aliphatic carbocycles. The van der Waals surface area contributed by atoms with Crippen LogP contribution in [-0.2, 0) is 0 Å². The number of halogens is 2. The average molecular weight is 233 g/mol. The number of thioether (sulfide) groups is 1. The highest BCUT2D eigenvalue weighted by Crippen LogP contribution is 2.29. The Bertz CT molecular complexity index is 316. The van der Waals surface area contributed by atoms with Crippen molar-refractivity contribution in [3.63, 3.8) is 0 Å². The first-order valence-corrected chi connectivity index (χ1v) is 5.62. The first-order chi connectivity index (χ1) is 7.01. The maximum atomic E-state index is 13.0. The molecule has 0 amide bonds. The lowest BCUT2D eigenvalue weighted by molar-refractivity contribution is -0.0711. The molecule has 0 spiro atoms. The summed E-state index contributed by atoms with van der Waals surface area (Å²) in [5.41, 5.74) is 5.68. The van der Waals surface area contributed by atoms with Crippen molar-refractivity contribution in [3.8, 4) is 0 Å². The van der Waals surface area contributed by atoms with Gasteiger partial charge in [0.1, 0.15) is 6.61 Å². The number of aliphatic hydroxyl groups excluding tert-OH is 1. The third kappa shape index (κ3) is 2.90. The van der Waals surface area contributed by atoms with Crippen LogP contribution in [0.15, 0.2) is 29.2 Å². The zero-order valence-electron chi connectivity index (χ0n) is 8.28. The van der Waals surface area contributed by atoms with E-state index in [2.05, 4.69) is 0 Å². The molecule has 0 bridgehead atoms. The fraction of sp³-hybridized carbons (Fsp3) is 0.400. The molecule has 1 rings (SSSR count). The largest absolute Gasteiger partial charge is 0.390 e. The van der Waals surface area contributed by atoms with Crippen molar-refractivity contribution < 1.29 is 13.9 Å². The van der Waals surface area contributed by atoms with E-state index in [0.717, 1.165) is 4.90 Å². The van der Waals surface area contributed by atoms with Gasteiger partial charge >= 0.3 is 0 Å². The minimum absolute atomic E-state index is 0.326. The van der Waals surface area contributed by atoms with Crippen LogP contribution in [0.1, 0.15) is 11.6 Å². The molecule has 0 heterocycles. The van der Waals surface area contributed by atoms with E-state index in [0.29, 0.717) is 5.56 Å². The summed E-state index contributed by atoms with van der Waals surface area (Å²) >= 11 is 1.52. The Balaban J connectivity index is 2.87. The van der Waals surface area contributed by atoms with E-state index >= 15 is 0 Å². The van der Waals surface area contributed by atoms with Crippen LogP contribution in [-0.4, -0.2) is 23.9 Å². The second kappa shape index (κ2) is 4.92. The number of benzene rings is 1. The van der Waals surface area contributed by atoms with Gasteiger partial charge in [0.15, 0.2) is 0 Å². The first-order valence-electron chi connectivity index (χ1n) is 4.39. The Morgan fingerprint density at radius 1 is 1.40 bits per heavy atom. The monoisotopic (exact) mass is 233 g/mol. The van der Waals surface area contributed by atoms with E-state index in [9.17, 15) is 8.78 Å². The molecule has 3 N–H and O–H groups in total. The second-order valence-electron chi connectivity index (χ2n) is 3.17. The van der Waals surface area contributed by atoms with Gasteiger partial charge in [-0.25, -0.2) is 8.78 Å². The van der Waals surface area contributed by atoms with E-state index in [1.165, 1.54) is 11.8 Å². The number of alkyl halides is 2. The standard InChI is InChI=1S/C10H13F2NOS/c1-15-8-4-2-7(3-5-8)9(13)10(11,12)6-14/h2-5,9,14H,6,13H2,1H3/t9-/m0/s1. The van der Waals surface area contributed by atoms with Gasteiger partial charge in [0.25, 0.3) is 5.92 Å². The van der Waals surface area contributed by atoms with Crippen LogP contribution >= 0.6 is 11.8 Å². The summed E-state index contributed by atoms with van der Waals surface area (Å²) < 4.78 is 26.1. The summed E-state index contributed by atoms with van der Waals surface area (Å²) in [6.07, 6.45) is 1.90. The Morgan fingerprint density at radius 2 is 1.93 bits per heavy atom. The van der Waals surface area contributed by atoms with Gasteiger partial charge < -0.3 is 10.8 Å². The summed E-state index contributed by atoms with van der Waals surface area (Å²) in [5, 5.41) is 8.49. The van der Waals surface area contributed by atoms with E-state index < -0.39 is 18.6 Å². The average Bonchev–Trinajstić information content (AvgIpc) is 2.28. The van der Waals surface area contributed by atoms with Crippen LogP contribution in [0.5, 0.6) is 0 Å². The number of nitrogens with two attached hydrogens (primary N) is 1. The Hall–Kier alpha value is -0.650. The molecule has 1 aromatic rings. The van der Waals surface area contributed by atoms with Crippen molar-refractivity contribution in [2.24, 2.45) is 5.73 Å². The molecule has 0 fully saturated rings. The Morgan fingerprint density at radius 3 is 2.33 bits per heavy atom. The lowest BCUT2D eigenvalue weighted by Gasteiger charge is -2.21. The van der Waals surface area contributed by atoms with Crippen LogP contribution in [0.3, 0.4) is 0 Å². The summed E-state index contributed by atoms with van der Waals surface area (Å²) in [6.45, 7) is -1.24. The molecule has 0 radical (unpaired) electrons. The SMILES string of the molecule is CSc1ccc([C@H](N)C(F)(F)CO)cc1. The van der Waals surface area contributed by atoms with E-state index in [1.807, 2.05) is 6.26 Å². The van der Waals surface area contributed by atoms with Crippen molar-refractivity contribution in [2.45, 2.75) is 16.9 Å². The zero-order chi connectivity index (χ0) is 11.5. The van der Waals surface area contributed by atoms with Crippen LogP contribution in [0.2, 0.25) is 0 Å². The molecule has 0 aromatic heterocycles. The fourth-order valence-corrected chi connectivity index (χ4v) is 1.56.